The second-order valence-corrected chi connectivity index (χ2v) is 16.7. The van der Waals surface area contributed by atoms with Gasteiger partial charge >= 0.3 is 53.7 Å². The van der Waals surface area contributed by atoms with Gasteiger partial charge in [0.1, 0.15) is 5.69 Å². The molecule has 4 heterocycles. The molecule has 24 heteroatoms. The molecule has 0 bridgehead atoms. The highest BCUT2D eigenvalue weighted by Crippen LogP contribution is 2.41. The highest BCUT2D eigenvalue weighted by molar-refractivity contribution is 6.00. The summed E-state index contributed by atoms with van der Waals surface area (Å²) in [5.74, 6) is -7.97. The minimum atomic E-state index is -1.82. The van der Waals surface area contributed by atoms with E-state index in [1.807, 2.05) is 0 Å². The van der Waals surface area contributed by atoms with E-state index in [0.717, 1.165) is 35.5 Å². The molecule has 0 aromatic carbocycles. The molecule has 1 amide bonds. The maximum atomic E-state index is 14.5. The normalized spacial score (nSPS) is 13.9. The van der Waals surface area contributed by atoms with Gasteiger partial charge < -0.3 is 63.3 Å². The molecule has 0 spiro atoms. The fourth-order valence-corrected chi connectivity index (χ4v) is 9.05. The molecule has 1 aliphatic rings. The third-order valence-corrected chi connectivity index (χ3v) is 12.7. The van der Waals surface area contributed by atoms with Crippen LogP contribution in [0.4, 0.5) is 0 Å². The van der Waals surface area contributed by atoms with Crippen molar-refractivity contribution in [3.8, 4) is 0 Å². The van der Waals surface area contributed by atoms with Crippen LogP contribution in [0.25, 0.3) is 0 Å². The number of aromatic amines is 3. The number of carbonyl (C=O) groups excluding carboxylic acids is 10. The molecule has 1 aliphatic heterocycles. The maximum Gasteiger partial charge on any atom is 0.352 e. The molecular formula is C49H60N4O20. The zero-order valence-corrected chi connectivity index (χ0v) is 41.9. The molecule has 0 saturated heterocycles. The van der Waals surface area contributed by atoms with Crippen molar-refractivity contribution in [2.45, 2.75) is 102 Å². The standard InChI is InChI=1S/C49H60N4O20/c1-66-38(55)13-9-25-30(18-43(60)71-6)36(50-33(25)21-34-29(17-42(59)70-5)26(37(24-54)51-34)10-14-39(56)67-2)23-49(32(20-45(62)73-8)28(47(63)53-49)12-16-41(58)69-4)22-35-27(11-15-40(57)68-3)31(19-44(61)72-7)46(52-35)48(64)65/h24,50-52H,9-23H2,1-8H3,(H,53,63)(H,64,65). The van der Waals surface area contributed by atoms with Gasteiger partial charge in [-0.3, -0.25) is 47.9 Å². The first-order valence-corrected chi connectivity index (χ1v) is 22.7. The monoisotopic (exact) mass is 1020 g/mol. The summed E-state index contributed by atoms with van der Waals surface area (Å²) in [5.41, 5.74) is 0.105. The Balaban J connectivity index is 2.17. The molecule has 0 saturated carbocycles. The quantitative estimate of drug-likeness (QED) is 0.0392. The van der Waals surface area contributed by atoms with Crippen LogP contribution in [-0.4, -0.2) is 148 Å². The maximum absolute atomic E-state index is 14.5. The summed E-state index contributed by atoms with van der Waals surface area (Å²) in [6, 6.07) is 0. The SMILES string of the molecule is COC(=O)CCC1=C(CC(=O)OC)C(Cc2[nH]c(Cc3[nH]c(C=O)c(CCC(=O)OC)c3CC(=O)OC)c(CCC(=O)OC)c2CC(=O)OC)(Cc2[nH]c(C(=O)O)c(CC(=O)OC)c2CCC(=O)OC)NC1=O. The predicted molar refractivity (Wildman–Crippen MR) is 249 cm³/mol. The zero-order chi connectivity index (χ0) is 54.2. The fraction of sp³-hybridized carbons (Fsp3) is 0.490. The van der Waals surface area contributed by atoms with E-state index in [2.05, 4.69) is 20.3 Å². The van der Waals surface area contributed by atoms with Crippen molar-refractivity contribution in [1.29, 1.82) is 0 Å². The van der Waals surface area contributed by atoms with Crippen LogP contribution >= 0.6 is 0 Å². The molecule has 0 radical (unpaired) electrons. The number of hydrogen-bond acceptors (Lipinski definition) is 19. The van der Waals surface area contributed by atoms with Crippen molar-refractivity contribution >= 4 is 65.9 Å². The molecule has 1 atom stereocenters. The summed E-state index contributed by atoms with van der Waals surface area (Å²) in [7, 11) is 9.21. The number of carboxylic acids is 1. The Morgan fingerprint density at radius 3 is 1.30 bits per heavy atom. The number of esters is 8. The number of ether oxygens (including phenoxy) is 8. The van der Waals surface area contributed by atoms with Gasteiger partial charge in [-0.2, -0.15) is 0 Å². The van der Waals surface area contributed by atoms with Crippen LogP contribution in [0, 0.1) is 0 Å². The van der Waals surface area contributed by atoms with Gasteiger partial charge in [0.25, 0.3) is 0 Å². The Bertz CT molecular complexity index is 2670. The van der Waals surface area contributed by atoms with Gasteiger partial charge in [-0.05, 0) is 64.6 Å². The van der Waals surface area contributed by atoms with Crippen LogP contribution < -0.4 is 5.32 Å². The Morgan fingerprint density at radius 1 is 0.466 bits per heavy atom. The summed E-state index contributed by atoms with van der Waals surface area (Å²) in [5, 5.41) is 13.5. The Kier molecular flexibility index (Phi) is 20.8. The summed E-state index contributed by atoms with van der Waals surface area (Å²) in [6.45, 7) is 0. The number of amides is 1. The molecule has 396 valence electrons. The minimum Gasteiger partial charge on any atom is -0.477 e. The topological polar surface area (TPSA) is 341 Å². The molecule has 0 fully saturated rings. The number of hydrogen-bond donors (Lipinski definition) is 5. The predicted octanol–water partition coefficient (Wildman–Crippen LogP) is 1.70. The number of methoxy groups -OCH3 is 8. The van der Waals surface area contributed by atoms with E-state index >= 15 is 0 Å². The van der Waals surface area contributed by atoms with E-state index in [-0.39, 0.29) is 116 Å². The van der Waals surface area contributed by atoms with Crippen molar-refractivity contribution in [3.63, 3.8) is 0 Å². The lowest BCUT2D eigenvalue weighted by Crippen LogP contribution is -2.49. The lowest BCUT2D eigenvalue weighted by Gasteiger charge is -2.33. The van der Waals surface area contributed by atoms with E-state index in [1.165, 1.54) is 21.3 Å². The van der Waals surface area contributed by atoms with E-state index in [9.17, 15) is 57.8 Å². The first-order valence-electron chi connectivity index (χ1n) is 22.7. The van der Waals surface area contributed by atoms with Gasteiger partial charge in [-0.15, -0.1) is 0 Å². The summed E-state index contributed by atoms with van der Waals surface area (Å²) >= 11 is 0. The summed E-state index contributed by atoms with van der Waals surface area (Å²) in [4.78, 5) is 152. The average molecular weight is 1030 g/mol. The summed E-state index contributed by atoms with van der Waals surface area (Å²) < 4.78 is 39.6. The molecule has 1 unspecified atom stereocenters. The van der Waals surface area contributed by atoms with Gasteiger partial charge in [0.15, 0.2) is 6.29 Å². The highest BCUT2D eigenvalue weighted by Gasteiger charge is 2.48. The molecule has 24 nitrogen and oxygen atoms in total. The van der Waals surface area contributed by atoms with Crippen molar-refractivity contribution in [3.05, 3.63) is 78.7 Å². The molecule has 73 heavy (non-hydrogen) atoms. The van der Waals surface area contributed by atoms with Gasteiger partial charge in [-0.1, -0.05) is 0 Å². The number of aromatic nitrogens is 3. The number of carbonyl (C=O) groups is 11. The average Bonchev–Trinajstić information content (AvgIpc) is 4.07. The van der Waals surface area contributed by atoms with Gasteiger partial charge in [0.2, 0.25) is 5.91 Å². The van der Waals surface area contributed by atoms with Gasteiger partial charge in [0.05, 0.1) is 93.8 Å². The number of aldehydes is 1. The Hall–Kier alpha value is -8.05. The molecular weight excluding hydrogens is 965 g/mol. The highest BCUT2D eigenvalue weighted by atomic mass is 16.5. The molecule has 4 rings (SSSR count). The lowest BCUT2D eigenvalue weighted by atomic mass is 9.77. The van der Waals surface area contributed by atoms with E-state index in [4.69, 9.17) is 37.9 Å². The molecule has 3 aromatic rings. The first kappa shape index (κ1) is 57.5. The smallest absolute Gasteiger partial charge is 0.352 e. The van der Waals surface area contributed by atoms with Crippen LogP contribution in [0.1, 0.15) is 116 Å². The third-order valence-electron chi connectivity index (χ3n) is 12.7. The van der Waals surface area contributed by atoms with Crippen LogP contribution in [0.3, 0.4) is 0 Å². The first-order chi connectivity index (χ1) is 34.8. The van der Waals surface area contributed by atoms with Crippen LogP contribution in [-0.2, 0) is 139 Å². The Morgan fingerprint density at radius 2 is 0.849 bits per heavy atom. The number of nitrogens with one attached hydrogen (secondary N) is 4. The van der Waals surface area contributed by atoms with Gasteiger partial charge in [0, 0.05) is 73.3 Å². The fourth-order valence-electron chi connectivity index (χ4n) is 9.05. The second kappa shape index (κ2) is 26.4. The van der Waals surface area contributed by atoms with Crippen LogP contribution in [0.5, 0.6) is 0 Å². The zero-order valence-electron chi connectivity index (χ0n) is 41.9. The van der Waals surface area contributed by atoms with E-state index < -0.39 is 96.5 Å². The van der Waals surface area contributed by atoms with Crippen LogP contribution in [0.15, 0.2) is 11.1 Å². The van der Waals surface area contributed by atoms with Crippen molar-refractivity contribution < 1.29 is 95.7 Å². The number of rotatable bonds is 28. The molecule has 0 aliphatic carbocycles. The van der Waals surface area contributed by atoms with Crippen molar-refractivity contribution in [2.75, 3.05) is 56.9 Å². The second-order valence-electron chi connectivity index (χ2n) is 16.7. The minimum absolute atomic E-state index is 0.0243. The van der Waals surface area contributed by atoms with Crippen LogP contribution in [0.2, 0.25) is 0 Å². The number of H-pyrrole nitrogens is 3. The van der Waals surface area contributed by atoms with Gasteiger partial charge in [-0.25, -0.2) is 4.79 Å². The lowest BCUT2D eigenvalue weighted by molar-refractivity contribution is -0.141. The number of aromatic carboxylic acids is 1. The third kappa shape index (κ3) is 14.3. The van der Waals surface area contributed by atoms with E-state index in [1.54, 1.807) is 0 Å². The molecule has 5 N–H and O–H groups in total. The Labute approximate surface area is 418 Å². The number of carboxylic acid groups (broad SMARTS) is 1. The van der Waals surface area contributed by atoms with Crippen molar-refractivity contribution in [2.24, 2.45) is 0 Å². The largest absolute Gasteiger partial charge is 0.477 e. The molecule has 3 aromatic heterocycles. The van der Waals surface area contributed by atoms with Crippen molar-refractivity contribution in [1.82, 2.24) is 20.3 Å². The summed E-state index contributed by atoms with van der Waals surface area (Å²) in [6.07, 6.45) is -3.97. The van der Waals surface area contributed by atoms with E-state index in [0.29, 0.717) is 34.4 Å².